The summed E-state index contributed by atoms with van der Waals surface area (Å²) in [5.74, 6) is 0.817. The number of para-hydroxylation sites is 2. The molecule has 4 aromatic rings. The fourth-order valence-electron chi connectivity index (χ4n) is 5.33. The van der Waals surface area contributed by atoms with Crippen molar-refractivity contribution in [2.45, 2.75) is 79.1 Å². The number of rotatable bonds is 17. The SMILES string of the molecule is CCCCCCOc1ccccc1C(=O)Nc1ccc(-c2ccc(NC(=O)c3ccccc3OCCCCCC)c(C)c2)cc1C. The first-order chi connectivity index (χ1) is 22.4. The molecule has 0 radical (unpaired) electrons. The molecule has 2 amide bonds. The number of amides is 2. The molecule has 242 valence electrons. The Balaban J connectivity index is 1.40. The number of unbranched alkanes of at least 4 members (excludes halogenated alkanes) is 6. The van der Waals surface area contributed by atoms with Crippen LogP contribution in [0.3, 0.4) is 0 Å². The van der Waals surface area contributed by atoms with E-state index in [4.69, 9.17) is 9.47 Å². The van der Waals surface area contributed by atoms with Crippen molar-refractivity contribution in [3.63, 3.8) is 0 Å². The van der Waals surface area contributed by atoms with Gasteiger partial charge in [-0.1, -0.05) is 88.8 Å². The standard InChI is InChI=1S/C40H48N2O4/c1-5-7-9-15-25-45-37-19-13-11-17-33(37)39(43)41-35-23-21-31(27-29(35)3)32-22-24-36(30(4)28-32)42-40(44)34-18-12-14-20-38(34)46-26-16-10-8-6-2/h11-14,17-24,27-28H,5-10,15-16,25-26H2,1-4H3,(H,41,43)(H,42,44). The topological polar surface area (TPSA) is 76.7 Å². The highest BCUT2D eigenvalue weighted by molar-refractivity contribution is 6.07. The van der Waals surface area contributed by atoms with Gasteiger partial charge in [-0.25, -0.2) is 0 Å². The maximum absolute atomic E-state index is 13.2. The Morgan fingerprint density at radius 2 is 0.957 bits per heavy atom. The van der Waals surface area contributed by atoms with E-state index in [1.54, 1.807) is 12.1 Å². The maximum Gasteiger partial charge on any atom is 0.259 e. The van der Waals surface area contributed by atoms with Crippen molar-refractivity contribution >= 4 is 23.2 Å². The maximum atomic E-state index is 13.2. The highest BCUT2D eigenvalue weighted by atomic mass is 16.5. The third-order valence-corrected chi connectivity index (χ3v) is 8.06. The molecule has 0 heterocycles. The summed E-state index contributed by atoms with van der Waals surface area (Å²) in [7, 11) is 0. The summed E-state index contributed by atoms with van der Waals surface area (Å²) in [6, 6.07) is 26.8. The monoisotopic (exact) mass is 620 g/mol. The molecule has 4 aromatic carbocycles. The molecule has 0 aliphatic heterocycles. The van der Waals surface area contributed by atoms with Crippen LogP contribution in [0.5, 0.6) is 11.5 Å². The summed E-state index contributed by atoms with van der Waals surface area (Å²) in [6.45, 7) is 9.53. The van der Waals surface area contributed by atoms with Gasteiger partial charge in [-0.15, -0.1) is 0 Å². The van der Waals surface area contributed by atoms with Crippen LogP contribution >= 0.6 is 0 Å². The van der Waals surface area contributed by atoms with Gasteiger partial charge >= 0.3 is 0 Å². The van der Waals surface area contributed by atoms with E-state index in [1.807, 2.05) is 74.5 Å². The van der Waals surface area contributed by atoms with Gasteiger partial charge in [-0.3, -0.25) is 9.59 Å². The molecule has 46 heavy (non-hydrogen) atoms. The van der Waals surface area contributed by atoms with E-state index in [2.05, 4.69) is 36.6 Å². The minimum Gasteiger partial charge on any atom is -0.493 e. The van der Waals surface area contributed by atoms with Crippen molar-refractivity contribution in [3.05, 3.63) is 107 Å². The molecule has 0 saturated carbocycles. The van der Waals surface area contributed by atoms with Gasteiger partial charge in [0.15, 0.2) is 0 Å². The Morgan fingerprint density at radius 1 is 0.543 bits per heavy atom. The lowest BCUT2D eigenvalue weighted by atomic mass is 9.99. The van der Waals surface area contributed by atoms with E-state index in [9.17, 15) is 9.59 Å². The fourth-order valence-corrected chi connectivity index (χ4v) is 5.33. The lowest BCUT2D eigenvalue weighted by molar-refractivity contribution is 0.101. The smallest absolute Gasteiger partial charge is 0.259 e. The van der Waals surface area contributed by atoms with Crippen LogP contribution in [0.1, 0.15) is 97.1 Å². The number of hydrogen-bond acceptors (Lipinski definition) is 4. The number of benzene rings is 4. The third-order valence-electron chi connectivity index (χ3n) is 8.06. The Bertz CT molecular complexity index is 1480. The summed E-state index contributed by atoms with van der Waals surface area (Å²) in [5.41, 5.74) is 6.49. The number of carbonyl (C=O) groups excluding carboxylic acids is 2. The third kappa shape index (κ3) is 9.71. The zero-order chi connectivity index (χ0) is 32.7. The van der Waals surface area contributed by atoms with Crippen LogP contribution < -0.4 is 20.1 Å². The van der Waals surface area contributed by atoms with E-state index in [1.165, 1.54) is 25.7 Å². The second-order valence-corrected chi connectivity index (χ2v) is 11.8. The van der Waals surface area contributed by atoms with Gasteiger partial charge in [0.25, 0.3) is 11.8 Å². The molecule has 0 unspecified atom stereocenters. The van der Waals surface area contributed by atoms with Gasteiger partial charge in [0.05, 0.1) is 24.3 Å². The average Bonchev–Trinajstić information content (AvgIpc) is 3.06. The number of carbonyl (C=O) groups is 2. The highest BCUT2D eigenvalue weighted by Gasteiger charge is 2.16. The van der Waals surface area contributed by atoms with Crippen molar-refractivity contribution < 1.29 is 19.1 Å². The van der Waals surface area contributed by atoms with Gasteiger partial charge < -0.3 is 20.1 Å². The minimum absolute atomic E-state index is 0.195. The van der Waals surface area contributed by atoms with Crippen molar-refractivity contribution in [1.82, 2.24) is 0 Å². The van der Waals surface area contributed by atoms with Crippen molar-refractivity contribution in [2.24, 2.45) is 0 Å². The van der Waals surface area contributed by atoms with Crippen molar-refractivity contribution in [3.8, 4) is 22.6 Å². The Morgan fingerprint density at radius 3 is 1.35 bits per heavy atom. The van der Waals surface area contributed by atoms with Gasteiger partial charge in [0, 0.05) is 11.4 Å². The van der Waals surface area contributed by atoms with Gasteiger partial charge in [0.1, 0.15) is 11.5 Å². The van der Waals surface area contributed by atoms with Crippen LogP contribution in [-0.4, -0.2) is 25.0 Å². The van der Waals surface area contributed by atoms with E-state index in [0.717, 1.165) is 59.3 Å². The quantitative estimate of drug-likeness (QED) is 0.115. The Hall–Kier alpha value is -4.58. The van der Waals surface area contributed by atoms with Crippen LogP contribution in [0.4, 0.5) is 11.4 Å². The fraction of sp³-hybridized carbons (Fsp3) is 0.350. The lowest BCUT2D eigenvalue weighted by Gasteiger charge is -2.15. The summed E-state index contributed by atoms with van der Waals surface area (Å²) in [5, 5.41) is 6.13. The first kappa shape index (κ1) is 34.3. The Labute approximate surface area is 274 Å². The van der Waals surface area contributed by atoms with E-state index >= 15 is 0 Å². The molecule has 4 rings (SSSR count). The number of hydrogen-bond donors (Lipinski definition) is 2. The predicted molar refractivity (Wildman–Crippen MR) is 189 cm³/mol. The molecule has 6 heteroatoms. The summed E-state index contributed by atoms with van der Waals surface area (Å²) in [4.78, 5) is 26.5. The van der Waals surface area contributed by atoms with Crippen LogP contribution in [0, 0.1) is 13.8 Å². The van der Waals surface area contributed by atoms with E-state index < -0.39 is 0 Å². The molecule has 2 N–H and O–H groups in total. The van der Waals surface area contributed by atoms with Crippen LogP contribution in [0.15, 0.2) is 84.9 Å². The van der Waals surface area contributed by atoms with Crippen LogP contribution in [0.2, 0.25) is 0 Å². The van der Waals surface area contributed by atoms with Crippen LogP contribution in [0.25, 0.3) is 11.1 Å². The molecule has 0 spiro atoms. The molecule has 0 aromatic heterocycles. The zero-order valence-corrected chi connectivity index (χ0v) is 27.8. The number of ether oxygens (including phenoxy) is 2. The Kier molecular flexibility index (Phi) is 13.3. The molecular weight excluding hydrogens is 572 g/mol. The second kappa shape index (κ2) is 17.8. The molecular formula is C40H48N2O4. The summed E-state index contributed by atoms with van der Waals surface area (Å²) >= 11 is 0. The van der Waals surface area contributed by atoms with Crippen molar-refractivity contribution in [2.75, 3.05) is 23.8 Å². The highest BCUT2D eigenvalue weighted by Crippen LogP contribution is 2.30. The van der Waals surface area contributed by atoms with Crippen LogP contribution in [-0.2, 0) is 0 Å². The summed E-state index contributed by atoms with van der Waals surface area (Å²) < 4.78 is 11.9. The molecule has 0 atom stereocenters. The van der Waals surface area contributed by atoms with Gasteiger partial charge in [-0.05, 0) is 97.5 Å². The van der Waals surface area contributed by atoms with Gasteiger partial charge in [0.2, 0.25) is 0 Å². The first-order valence-corrected chi connectivity index (χ1v) is 16.7. The molecule has 0 bridgehead atoms. The largest absolute Gasteiger partial charge is 0.493 e. The molecule has 0 fully saturated rings. The lowest BCUT2D eigenvalue weighted by Crippen LogP contribution is -2.15. The van der Waals surface area contributed by atoms with Crippen molar-refractivity contribution in [1.29, 1.82) is 0 Å². The normalized spacial score (nSPS) is 10.8. The molecule has 0 aliphatic carbocycles. The van der Waals surface area contributed by atoms with E-state index in [0.29, 0.717) is 35.8 Å². The second-order valence-electron chi connectivity index (χ2n) is 11.8. The predicted octanol–water partition coefficient (Wildman–Crippen LogP) is 10.4. The molecule has 0 aliphatic rings. The average molecular weight is 621 g/mol. The molecule has 0 saturated heterocycles. The first-order valence-electron chi connectivity index (χ1n) is 16.7. The number of aryl methyl sites for hydroxylation is 2. The summed E-state index contributed by atoms with van der Waals surface area (Å²) in [6.07, 6.45) is 8.90. The van der Waals surface area contributed by atoms with Gasteiger partial charge in [-0.2, -0.15) is 0 Å². The van der Waals surface area contributed by atoms with E-state index in [-0.39, 0.29) is 11.8 Å². The number of nitrogens with one attached hydrogen (secondary N) is 2. The minimum atomic E-state index is -0.195. The zero-order valence-electron chi connectivity index (χ0n) is 27.8. The molecule has 6 nitrogen and oxygen atoms in total. The number of anilines is 2.